The van der Waals surface area contributed by atoms with Crippen molar-refractivity contribution in [3.63, 3.8) is 0 Å². The van der Waals surface area contributed by atoms with Gasteiger partial charge in [-0.3, -0.25) is 4.90 Å². The van der Waals surface area contributed by atoms with Crippen molar-refractivity contribution in [2.45, 2.75) is 37.8 Å². The Morgan fingerprint density at radius 2 is 1.91 bits per heavy atom. The number of anilines is 1. The van der Waals surface area contributed by atoms with E-state index in [9.17, 15) is 0 Å². The second-order valence-electron chi connectivity index (χ2n) is 6.18. The molecule has 1 saturated carbocycles. The number of hydrogen-bond acceptors (Lipinski definition) is 7. The Bertz CT molecular complexity index is 812. The van der Waals surface area contributed by atoms with Crippen LogP contribution in [0.1, 0.15) is 32.1 Å². The van der Waals surface area contributed by atoms with Gasteiger partial charge in [-0.2, -0.15) is 4.99 Å². The molecule has 4 N–H and O–H groups in total. The smallest absolute Gasteiger partial charge is 0.220 e. The lowest BCUT2D eigenvalue weighted by atomic mass is 9.87. The third kappa shape index (κ3) is 2.05. The maximum atomic E-state index is 6.26. The van der Waals surface area contributed by atoms with Crippen LogP contribution in [0, 0.1) is 0 Å². The lowest BCUT2D eigenvalue weighted by Crippen LogP contribution is -2.58. The molecule has 1 aliphatic heterocycles. The molecule has 0 atom stereocenters. The Hall–Kier alpha value is -2.64. The van der Waals surface area contributed by atoms with Gasteiger partial charge in [0.25, 0.3) is 0 Å². The van der Waals surface area contributed by atoms with E-state index in [0.717, 1.165) is 42.4 Å². The van der Waals surface area contributed by atoms with Crippen molar-refractivity contribution in [1.29, 1.82) is 0 Å². The fourth-order valence-corrected chi connectivity index (χ4v) is 3.69. The Morgan fingerprint density at radius 3 is 2.70 bits per heavy atom. The van der Waals surface area contributed by atoms with Crippen LogP contribution in [-0.2, 0) is 7.05 Å². The van der Waals surface area contributed by atoms with Gasteiger partial charge in [-0.1, -0.05) is 17.7 Å². The van der Waals surface area contributed by atoms with Crippen LogP contribution in [-0.4, -0.2) is 32.6 Å². The molecule has 0 radical (unpaired) electrons. The molecule has 8 heteroatoms. The number of aliphatic imine (C=N–C) groups is 2. The molecule has 23 heavy (non-hydrogen) atoms. The van der Waals surface area contributed by atoms with Gasteiger partial charge in [0.2, 0.25) is 11.9 Å². The highest BCUT2D eigenvalue weighted by Crippen LogP contribution is 2.41. The first-order valence-electron chi connectivity index (χ1n) is 7.89. The summed E-state index contributed by atoms with van der Waals surface area (Å²) in [4.78, 5) is 10.9. The topological polar surface area (TPSA) is 111 Å². The zero-order valence-corrected chi connectivity index (χ0v) is 13.1. The number of guanidine groups is 2. The van der Waals surface area contributed by atoms with Crippen LogP contribution in [0.3, 0.4) is 0 Å². The van der Waals surface area contributed by atoms with Crippen LogP contribution in [0.25, 0.3) is 11.0 Å². The summed E-state index contributed by atoms with van der Waals surface area (Å²) in [6, 6.07) is 5.96. The Balaban J connectivity index is 1.92. The molecule has 0 unspecified atom stereocenters. The molecule has 2 heterocycles. The molecular formula is C15H20N8. The molecule has 4 rings (SSSR count). The molecule has 0 bridgehead atoms. The molecule has 1 fully saturated rings. The van der Waals surface area contributed by atoms with Crippen LogP contribution < -0.4 is 16.4 Å². The molecule has 8 nitrogen and oxygen atoms in total. The summed E-state index contributed by atoms with van der Waals surface area (Å²) < 4.78 is 1.75. The van der Waals surface area contributed by atoms with Gasteiger partial charge >= 0.3 is 0 Å². The van der Waals surface area contributed by atoms with Crippen molar-refractivity contribution in [2.75, 3.05) is 4.90 Å². The van der Waals surface area contributed by atoms with Crippen molar-refractivity contribution in [3.8, 4) is 0 Å². The van der Waals surface area contributed by atoms with Crippen LogP contribution in [0.5, 0.6) is 0 Å². The molecule has 0 amide bonds. The molecule has 2 aliphatic rings. The highest BCUT2D eigenvalue weighted by Gasteiger charge is 2.43. The molecular weight excluding hydrogens is 292 g/mol. The summed E-state index contributed by atoms with van der Waals surface area (Å²) in [6.07, 6.45) is 5.20. The van der Waals surface area contributed by atoms with Gasteiger partial charge in [0.15, 0.2) is 0 Å². The summed E-state index contributed by atoms with van der Waals surface area (Å²) in [6.45, 7) is 0. The monoisotopic (exact) mass is 312 g/mol. The van der Waals surface area contributed by atoms with Crippen LogP contribution in [0.4, 0.5) is 5.69 Å². The third-order valence-electron chi connectivity index (χ3n) is 4.71. The lowest BCUT2D eigenvalue weighted by Gasteiger charge is -2.45. The fourth-order valence-electron chi connectivity index (χ4n) is 3.69. The minimum atomic E-state index is -0.458. The molecule has 2 aromatic rings. The number of hydrogen-bond donors (Lipinski definition) is 2. The van der Waals surface area contributed by atoms with E-state index in [1.807, 2.05) is 30.1 Å². The maximum Gasteiger partial charge on any atom is 0.220 e. The molecule has 1 spiro atoms. The van der Waals surface area contributed by atoms with Crippen molar-refractivity contribution >= 4 is 28.6 Å². The van der Waals surface area contributed by atoms with E-state index in [1.54, 1.807) is 4.68 Å². The summed E-state index contributed by atoms with van der Waals surface area (Å²) in [5, 5.41) is 8.43. The number of rotatable bonds is 1. The first kappa shape index (κ1) is 14.0. The summed E-state index contributed by atoms with van der Waals surface area (Å²) in [5.41, 5.74) is 14.4. The van der Waals surface area contributed by atoms with Gasteiger partial charge in [-0.15, -0.1) is 5.10 Å². The summed E-state index contributed by atoms with van der Waals surface area (Å²) in [5.74, 6) is 0.629. The summed E-state index contributed by atoms with van der Waals surface area (Å²) in [7, 11) is 1.87. The van der Waals surface area contributed by atoms with Crippen molar-refractivity contribution in [1.82, 2.24) is 15.0 Å². The summed E-state index contributed by atoms with van der Waals surface area (Å²) >= 11 is 0. The first-order valence-corrected chi connectivity index (χ1v) is 7.89. The minimum Gasteiger partial charge on any atom is -0.369 e. The normalized spacial score (nSPS) is 20.7. The van der Waals surface area contributed by atoms with Crippen molar-refractivity contribution < 1.29 is 0 Å². The van der Waals surface area contributed by atoms with Gasteiger partial charge in [0, 0.05) is 7.05 Å². The fraction of sp³-hybridized carbons (Fsp3) is 0.467. The predicted molar refractivity (Wildman–Crippen MR) is 90.0 cm³/mol. The highest BCUT2D eigenvalue weighted by atomic mass is 15.4. The molecule has 1 aromatic heterocycles. The number of fused-ring (bicyclic) bond motifs is 1. The Labute approximate surface area is 133 Å². The van der Waals surface area contributed by atoms with Crippen molar-refractivity contribution in [3.05, 3.63) is 18.2 Å². The van der Waals surface area contributed by atoms with Gasteiger partial charge in [-0.25, -0.2) is 9.67 Å². The quantitative estimate of drug-likeness (QED) is 0.818. The van der Waals surface area contributed by atoms with E-state index in [4.69, 9.17) is 16.5 Å². The van der Waals surface area contributed by atoms with E-state index in [2.05, 4.69) is 15.3 Å². The van der Waals surface area contributed by atoms with Crippen LogP contribution >= 0.6 is 0 Å². The largest absolute Gasteiger partial charge is 0.369 e. The molecule has 0 saturated heterocycles. The average molecular weight is 312 g/mol. The van der Waals surface area contributed by atoms with Crippen LogP contribution in [0.15, 0.2) is 28.2 Å². The minimum absolute atomic E-state index is 0.256. The SMILES string of the molecule is Cn1nnc2c(N3C(N)=NC(N)=NC34CCCCC4)cccc21. The van der Waals surface area contributed by atoms with Gasteiger partial charge in [0.05, 0.1) is 11.2 Å². The van der Waals surface area contributed by atoms with E-state index in [-0.39, 0.29) is 5.96 Å². The highest BCUT2D eigenvalue weighted by molar-refractivity contribution is 6.09. The zero-order valence-electron chi connectivity index (χ0n) is 13.1. The van der Waals surface area contributed by atoms with Crippen LogP contribution in [0.2, 0.25) is 0 Å². The standard InChI is InChI=1S/C15H20N8/c1-22-10-6-5-7-11(12(10)20-21-22)23-14(17)18-13(16)19-15(23)8-3-2-4-9-15/h5-7H,2-4,8-9H2,1H3,(H4,16,17,18,19). The number of aromatic nitrogens is 3. The Kier molecular flexibility index (Phi) is 3.00. The molecule has 120 valence electrons. The van der Waals surface area contributed by atoms with E-state index in [0.29, 0.717) is 5.96 Å². The third-order valence-corrected chi connectivity index (χ3v) is 4.71. The number of nitrogens with two attached hydrogens (primary N) is 2. The van der Waals surface area contributed by atoms with Gasteiger partial charge in [-0.05, 0) is 37.8 Å². The van der Waals surface area contributed by atoms with Gasteiger partial charge < -0.3 is 11.5 Å². The predicted octanol–water partition coefficient (Wildman–Crippen LogP) is 1.08. The van der Waals surface area contributed by atoms with E-state index in [1.165, 1.54) is 6.42 Å². The van der Waals surface area contributed by atoms with E-state index < -0.39 is 5.66 Å². The Morgan fingerprint density at radius 1 is 1.13 bits per heavy atom. The number of nitrogens with zero attached hydrogens (tertiary/aromatic N) is 6. The van der Waals surface area contributed by atoms with E-state index >= 15 is 0 Å². The van der Waals surface area contributed by atoms with Crippen molar-refractivity contribution in [2.24, 2.45) is 28.5 Å². The second-order valence-corrected chi connectivity index (χ2v) is 6.18. The number of benzene rings is 1. The average Bonchev–Trinajstić information content (AvgIpc) is 2.90. The molecule has 1 aromatic carbocycles. The van der Waals surface area contributed by atoms with Gasteiger partial charge in [0.1, 0.15) is 11.2 Å². The second kappa shape index (κ2) is 4.94. The lowest BCUT2D eigenvalue weighted by molar-refractivity contribution is 0.306. The first-order chi connectivity index (χ1) is 11.1. The maximum absolute atomic E-state index is 6.26. The zero-order chi connectivity index (χ0) is 16.0. The molecule has 1 aliphatic carbocycles. The number of aryl methyl sites for hydroxylation is 1.